The minimum atomic E-state index is -0.130. The smallest absolute Gasteiger partial charge is 0.243 e. The van der Waals surface area contributed by atoms with Crippen LogP contribution in [-0.2, 0) is 4.79 Å². The Labute approximate surface area is 144 Å². The number of aromatic amines is 1. The van der Waals surface area contributed by atoms with E-state index in [0.29, 0.717) is 5.76 Å². The molecule has 0 radical (unpaired) electrons. The van der Waals surface area contributed by atoms with Crippen LogP contribution in [0.25, 0.3) is 27.9 Å². The van der Waals surface area contributed by atoms with E-state index in [1.165, 1.54) is 11.6 Å². The summed E-state index contributed by atoms with van der Waals surface area (Å²) in [6, 6.07) is 3.96. The first kappa shape index (κ1) is 15.4. The summed E-state index contributed by atoms with van der Waals surface area (Å²) in [4.78, 5) is 19.2. The molecular weight excluding hydrogens is 316 g/mol. The second-order valence-electron chi connectivity index (χ2n) is 6.08. The van der Waals surface area contributed by atoms with Gasteiger partial charge >= 0.3 is 0 Å². The van der Waals surface area contributed by atoms with Gasteiger partial charge in [-0.25, -0.2) is 4.98 Å². The molecule has 25 heavy (non-hydrogen) atoms. The Hall–Kier alpha value is -3.15. The summed E-state index contributed by atoms with van der Waals surface area (Å²) in [6.07, 6.45) is 11.5. The molecule has 1 amide bonds. The highest BCUT2D eigenvalue weighted by atomic mass is 16.5. The molecule has 0 saturated heterocycles. The molecule has 3 heterocycles. The highest BCUT2D eigenvalue weighted by Gasteiger charge is 2.21. The first-order valence-corrected chi connectivity index (χ1v) is 8.25. The zero-order valence-electron chi connectivity index (χ0n) is 13.7. The van der Waals surface area contributed by atoms with Crippen molar-refractivity contribution in [1.29, 1.82) is 0 Å². The van der Waals surface area contributed by atoms with Crippen molar-refractivity contribution in [2.24, 2.45) is 0 Å². The Balaban J connectivity index is 1.74. The van der Waals surface area contributed by atoms with Crippen LogP contribution < -0.4 is 5.32 Å². The number of allylic oxidation sites excluding steroid dienone is 1. The summed E-state index contributed by atoms with van der Waals surface area (Å²) in [5.74, 6) is 0.573. The molecule has 3 aromatic rings. The third kappa shape index (κ3) is 2.87. The lowest BCUT2D eigenvalue weighted by Gasteiger charge is -2.24. The Morgan fingerprint density at radius 2 is 2.28 bits per heavy atom. The van der Waals surface area contributed by atoms with Crippen LogP contribution in [0, 0.1) is 0 Å². The van der Waals surface area contributed by atoms with Crippen LogP contribution in [0.1, 0.15) is 24.8 Å². The highest BCUT2D eigenvalue weighted by Crippen LogP contribution is 2.36. The van der Waals surface area contributed by atoms with Gasteiger partial charge in [0.05, 0.1) is 6.20 Å². The Kier molecular flexibility index (Phi) is 3.93. The zero-order valence-corrected chi connectivity index (χ0v) is 13.7. The topological polar surface area (TPSA) is 83.8 Å². The van der Waals surface area contributed by atoms with E-state index in [0.717, 1.165) is 41.4 Å². The van der Waals surface area contributed by atoms with Crippen LogP contribution in [0.15, 0.2) is 54.0 Å². The molecular formula is C19H18N4O2. The van der Waals surface area contributed by atoms with Crippen molar-refractivity contribution >= 4 is 22.5 Å². The van der Waals surface area contributed by atoms with E-state index in [-0.39, 0.29) is 11.9 Å². The number of nitrogens with zero attached hydrogens (tertiary/aromatic N) is 2. The number of amides is 1. The molecule has 0 fully saturated rings. The SMILES string of the molecule is C=CC(=O)NC1CCC=C(c2ccnc3[nH]cc(-c4ccno4)c23)C1. The fourth-order valence-electron chi connectivity index (χ4n) is 3.39. The minimum Gasteiger partial charge on any atom is -0.356 e. The van der Waals surface area contributed by atoms with Crippen molar-refractivity contribution < 1.29 is 9.32 Å². The average molecular weight is 334 g/mol. The first-order valence-electron chi connectivity index (χ1n) is 8.25. The maximum Gasteiger partial charge on any atom is 0.243 e. The lowest BCUT2D eigenvalue weighted by atomic mass is 9.88. The van der Waals surface area contributed by atoms with Gasteiger partial charge in [0, 0.05) is 35.5 Å². The molecule has 0 saturated carbocycles. The van der Waals surface area contributed by atoms with E-state index in [2.05, 4.69) is 33.1 Å². The lowest BCUT2D eigenvalue weighted by molar-refractivity contribution is -0.117. The molecule has 1 unspecified atom stereocenters. The van der Waals surface area contributed by atoms with E-state index in [1.807, 2.05) is 18.3 Å². The second kappa shape index (κ2) is 6.39. The molecule has 3 aromatic heterocycles. The number of fused-ring (bicyclic) bond motifs is 1. The van der Waals surface area contributed by atoms with E-state index >= 15 is 0 Å². The lowest BCUT2D eigenvalue weighted by Crippen LogP contribution is -2.34. The average Bonchev–Trinajstić information content (AvgIpc) is 3.30. The zero-order chi connectivity index (χ0) is 17.2. The van der Waals surface area contributed by atoms with Gasteiger partial charge in [0.25, 0.3) is 0 Å². The quantitative estimate of drug-likeness (QED) is 0.716. The maximum atomic E-state index is 11.6. The van der Waals surface area contributed by atoms with E-state index in [4.69, 9.17) is 4.52 Å². The fourth-order valence-corrected chi connectivity index (χ4v) is 3.39. The normalized spacial score (nSPS) is 17.3. The van der Waals surface area contributed by atoms with Gasteiger partial charge in [0.1, 0.15) is 5.65 Å². The number of aromatic nitrogens is 3. The van der Waals surface area contributed by atoms with Crippen molar-refractivity contribution in [3.05, 3.63) is 55.0 Å². The fraction of sp³-hybridized carbons (Fsp3) is 0.211. The maximum absolute atomic E-state index is 11.6. The van der Waals surface area contributed by atoms with Gasteiger partial charge in [-0.3, -0.25) is 4.79 Å². The van der Waals surface area contributed by atoms with Crippen molar-refractivity contribution in [3.63, 3.8) is 0 Å². The highest BCUT2D eigenvalue weighted by molar-refractivity contribution is 6.00. The molecule has 1 aliphatic carbocycles. The van der Waals surface area contributed by atoms with Crippen LogP contribution >= 0.6 is 0 Å². The Bertz CT molecular complexity index is 953. The van der Waals surface area contributed by atoms with Crippen molar-refractivity contribution in [3.8, 4) is 11.3 Å². The van der Waals surface area contributed by atoms with Gasteiger partial charge in [-0.15, -0.1) is 0 Å². The molecule has 126 valence electrons. The summed E-state index contributed by atoms with van der Waals surface area (Å²) >= 11 is 0. The second-order valence-corrected chi connectivity index (χ2v) is 6.08. The number of carbonyl (C=O) groups excluding carboxylic acids is 1. The van der Waals surface area contributed by atoms with Crippen LogP contribution in [-0.4, -0.2) is 27.1 Å². The van der Waals surface area contributed by atoms with Crippen LogP contribution in [0.4, 0.5) is 0 Å². The summed E-state index contributed by atoms with van der Waals surface area (Å²) < 4.78 is 5.33. The van der Waals surface area contributed by atoms with Crippen molar-refractivity contribution in [2.75, 3.05) is 0 Å². The summed E-state index contributed by atoms with van der Waals surface area (Å²) in [7, 11) is 0. The number of H-pyrrole nitrogens is 1. The number of rotatable bonds is 4. The number of pyridine rings is 1. The molecule has 0 aliphatic heterocycles. The number of carbonyl (C=O) groups is 1. The molecule has 0 spiro atoms. The predicted molar refractivity (Wildman–Crippen MR) is 95.5 cm³/mol. The van der Waals surface area contributed by atoms with Crippen molar-refractivity contribution in [1.82, 2.24) is 20.4 Å². The van der Waals surface area contributed by atoms with Crippen LogP contribution in [0.3, 0.4) is 0 Å². The van der Waals surface area contributed by atoms with Crippen molar-refractivity contribution in [2.45, 2.75) is 25.3 Å². The van der Waals surface area contributed by atoms with Gasteiger partial charge < -0.3 is 14.8 Å². The summed E-state index contributed by atoms with van der Waals surface area (Å²) in [5.41, 5.74) is 4.05. The van der Waals surface area contributed by atoms with Gasteiger partial charge in [-0.05, 0) is 42.5 Å². The number of nitrogens with one attached hydrogen (secondary N) is 2. The molecule has 4 rings (SSSR count). The molecule has 6 heteroatoms. The molecule has 0 aromatic carbocycles. The number of hydrogen-bond acceptors (Lipinski definition) is 4. The van der Waals surface area contributed by atoms with Gasteiger partial charge in [0.15, 0.2) is 5.76 Å². The Morgan fingerprint density at radius 1 is 1.36 bits per heavy atom. The molecule has 6 nitrogen and oxygen atoms in total. The number of hydrogen-bond donors (Lipinski definition) is 2. The Morgan fingerprint density at radius 3 is 3.08 bits per heavy atom. The summed E-state index contributed by atoms with van der Waals surface area (Å²) in [5, 5.41) is 7.82. The monoisotopic (exact) mass is 334 g/mol. The van der Waals surface area contributed by atoms with Gasteiger partial charge in [-0.2, -0.15) is 0 Å². The largest absolute Gasteiger partial charge is 0.356 e. The van der Waals surface area contributed by atoms with E-state index < -0.39 is 0 Å². The summed E-state index contributed by atoms with van der Waals surface area (Å²) in [6.45, 7) is 3.52. The molecule has 1 atom stereocenters. The van der Waals surface area contributed by atoms with Crippen LogP contribution in [0.5, 0.6) is 0 Å². The predicted octanol–water partition coefficient (Wildman–Crippen LogP) is 3.46. The van der Waals surface area contributed by atoms with Gasteiger partial charge in [-0.1, -0.05) is 17.8 Å². The molecule has 0 bridgehead atoms. The molecule has 2 N–H and O–H groups in total. The van der Waals surface area contributed by atoms with Gasteiger partial charge in [0.2, 0.25) is 5.91 Å². The first-order chi connectivity index (χ1) is 12.3. The van der Waals surface area contributed by atoms with E-state index in [9.17, 15) is 4.79 Å². The van der Waals surface area contributed by atoms with Crippen LogP contribution in [0.2, 0.25) is 0 Å². The van der Waals surface area contributed by atoms with E-state index in [1.54, 1.807) is 12.4 Å². The third-order valence-corrected chi connectivity index (χ3v) is 4.53. The minimum absolute atomic E-state index is 0.112. The third-order valence-electron chi connectivity index (χ3n) is 4.53. The molecule has 1 aliphatic rings. The standard InChI is InChI=1S/C19H18N4O2/c1-2-17(24)23-13-5-3-4-12(10-13)14-6-8-20-19-18(14)15(11-21-19)16-7-9-22-25-16/h2,4,6-9,11,13H,1,3,5,10H2,(H,20,21)(H,23,24).